The van der Waals surface area contributed by atoms with E-state index in [-0.39, 0.29) is 31.0 Å². The van der Waals surface area contributed by atoms with Crippen LogP contribution in [0, 0.1) is 0 Å². The second-order valence-electron chi connectivity index (χ2n) is 6.65. The van der Waals surface area contributed by atoms with Crippen LogP contribution in [0.25, 0.3) is 38.4 Å². The van der Waals surface area contributed by atoms with Crippen molar-refractivity contribution in [1.82, 2.24) is 0 Å². The molecule has 2 heteroatoms. The predicted octanol–water partition coefficient (Wildman–Crippen LogP) is 3.92. The average molecular weight is 358 g/mol. The zero-order chi connectivity index (χ0) is 17.5. The minimum absolute atomic E-state index is 0. The molecule has 0 aliphatic carbocycles. The van der Waals surface area contributed by atoms with Gasteiger partial charge in [-0.25, -0.2) is 0 Å². The molecule has 5 rings (SSSR count). The summed E-state index contributed by atoms with van der Waals surface area (Å²) >= 11 is 0. The van der Waals surface area contributed by atoms with Gasteiger partial charge in [0.15, 0.2) is 0 Å². The largest absolute Gasteiger partial charge is 1.00 e. The average Bonchev–Trinajstić information content (AvgIpc) is 2.71. The van der Waals surface area contributed by atoms with Crippen molar-refractivity contribution >= 4 is 38.4 Å². The van der Waals surface area contributed by atoms with Crippen molar-refractivity contribution in [3.05, 3.63) is 96.6 Å². The Morgan fingerprint density at radius 3 is 2.07 bits per heavy atom. The van der Waals surface area contributed by atoms with Gasteiger partial charge in [-0.3, -0.25) is 0 Å². The normalized spacial score (nSPS) is 11.0. The molecule has 0 amide bonds. The van der Waals surface area contributed by atoms with Gasteiger partial charge in [0.2, 0.25) is 0 Å². The Morgan fingerprint density at radius 1 is 0.741 bits per heavy atom. The predicted molar refractivity (Wildman–Crippen MR) is 112 cm³/mol. The molecule has 0 radical (unpaired) electrons. The Balaban J connectivity index is 0.00000112. The maximum Gasteiger partial charge on any atom is 1.00 e. The molecule has 0 aliphatic heterocycles. The third kappa shape index (κ3) is 3.12. The maximum atomic E-state index is 6.20. The molecule has 5 aromatic rings. The second kappa shape index (κ2) is 7.36. The van der Waals surface area contributed by atoms with Crippen LogP contribution in [0.15, 0.2) is 85.4 Å². The molecule has 27 heavy (non-hydrogen) atoms. The van der Waals surface area contributed by atoms with E-state index < -0.39 is 0 Å². The van der Waals surface area contributed by atoms with Crippen molar-refractivity contribution in [3.8, 4) is 5.75 Å². The van der Waals surface area contributed by atoms with Crippen LogP contribution in [0.4, 0.5) is 0 Å². The van der Waals surface area contributed by atoms with Crippen molar-refractivity contribution in [3.63, 3.8) is 0 Å². The van der Waals surface area contributed by atoms with Crippen LogP contribution in [-0.4, -0.2) is 0 Å². The maximum absolute atomic E-state index is 6.20. The first-order chi connectivity index (χ1) is 12.8. The summed E-state index contributed by atoms with van der Waals surface area (Å²) in [6.07, 6.45) is 1.85. The molecular formula is C25H19NaO. The number of hydrogen-bond acceptors (Lipinski definition) is 1. The molecule has 0 spiro atoms. The van der Waals surface area contributed by atoms with E-state index in [0.29, 0.717) is 6.61 Å². The van der Waals surface area contributed by atoms with E-state index in [1.807, 2.05) is 6.08 Å². The van der Waals surface area contributed by atoms with E-state index in [0.717, 1.165) is 16.9 Å². The summed E-state index contributed by atoms with van der Waals surface area (Å²) in [4.78, 5) is 0. The molecule has 0 fully saturated rings. The van der Waals surface area contributed by atoms with Gasteiger partial charge in [-0.15, -0.1) is 0 Å². The minimum atomic E-state index is 0. The smallest absolute Gasteiger partial charge is 1.00 e. The summed E-state index contributed by atoms with van der Waals surface area (Å²) in [5.74, 6) is 0.934. The third-order valence-corrected chi connectivity index (χ3v) is 5.10. The fraction of sp³-hybridized carbons (Fsp3) is 0.0400. The fourth-order valence-electron chi connectivity index (χ4n) is 3.75. The van der Waals surface area contributed by atoms with Gasteiger partial charge in [0, 0.05) is 10.8 Å². The molecule has 0 atom stereocenters. The first-order valence-corrected chi connectivity index (χ1v) is 8.84. The Bertz CT molecular complexity index is 1230. The van der Waals surface area contributed by atoms with Crippen molar-refractivity contribution in [1.29, 1.82) is 0 Å². The number of ether oxygens (including phenoxy) is 1. The molecule has 0 N–H and O–H groups in total. The van der Waals surface area contributed by atoms with Crippen LogP contribution in [0.1, 0.15) is 12.6 Å². The number of rotatable bonds is 4. The van der Waals surface area contributed by atoms with Crippen LogP contribution in [-0.2, 0) is 6.61 Å². The van der Waals surface area contributed by atoms with Gasteiger partial charge in [0.25, 0.3) is 0 Å². The molecular weight excluding hydrogens is 339 g/mol. The Labute approximate surface area is 182 Å². The Morgan fingerprint density at radius 2 is 1.37 bits per heavy atom. The molecule has 0 bridgehead atoms. The van der Waals surface area contributed by atoms with E-state index >= 15 is 0 Å². The van der Waals surface area contributed by atoms with Crippen LogP contribution in [0.3, 0.4) is 0 Å². The van der Waals surface area contributed by atoms with Crippen molar-refractivity contribution < 1.29 is 35.7 Å². The number of hydrogen-bond donors (Lipinski definition) is 0. The van der Waals surface area contributed by atoms with Gasteiger partial charge >= 0.3 is 29.6 Å². The molecule has 1 nitrogen and oxygen atoms in total. The molecule has 0 unspecified atom stereocenters. The van der Waals surface area contributed by atoms with Crippen LogP contribution in [0.2, 0.25) is 0 Å². The first-order valence-electron chi connectivity index (χ1n) is 8.84. The summed E-state index contributed by atoms with van der Waals surface area (Å²) in [5.41, 5.74) is 2.28. The van der Waals surface area contributed by atoms with Crippen LogP contribution < -0.4 is 34.3 Å². The summed E-state index contributed by atoms with van der Waals surface area (Å²) in [5, 5.41) is 7.60. The first kappa shape index (κ1) is 18.1. The third-order valence-electron chi connectivity index (χ3n) is 5.10. The van der Waals surface area contributed by atoms with Gasteiger partial charge in [-0.1, -0.05) is 79.4 Å². The Hall–Kier alpha value is -2.32. The second-order valence-corrected chi connectivity index (χ2v) is 6.65. The summed E-state index contributed by atoms with van der Waals surface area (Å²) in [6.45, 7) is 4.35. The molecule has 0 heterocycles. The molecule has 0 aliphatic rings. The van der Waals surface area contributed by atoms with Crippen LogP contribution >= 0.6 is 0 Å². The van der Waals surface area contributed by atoms with Gasteiger partial charge < -0.3 is 6.16 Å². The Kier molecular flexibility index (Phi) is 4.92. The van der Waals surface area contributed by atoms with Gasteiger partial charge in [-0.05, 0) is 44.8 Å². The summed E-state index contributed by atoms with van der Waals surface area (Å²) in [7, 11) is 0. The van der Waals surface area contributed by atoms with Crippen molar-refractivity contribution in [2.45, 2.75) is 6.61 Å². The van der Waals surface area contributed by atoms with Crippen LogP contribution in [0.5, 0.6) is 5.75 Å². The van der Waals surface area contributed by atoms with Gasteiger partial charge in [-0.2, -0.15) is 0 Å². The summed E-state index contributed by atoms with van der Waals surface area (Å²) < 4.78 is 6.20. The summed E-state index contributed by atoms with van der Waals surface area (Å²) in [6, 6.07) is 27.8. The number of benzene rings is 5. The van der Waals surface area contributed by atoms with E-state index in [4.69, 9.17) is 4.74 Å². The van der Waals surface area contributed by atoms with Crippen molar-refractivity contribution in [2.24, 2.45) is 0 Å². The van der Waals surface area contributed by atoms with E-state index in [1.54, 1.807) is 0 Å². The van der Waals surface area contributed by atoms with Crippen molar-refractivity contribution in [2.75, 3.05) is 0 Å². The van der Waals surface area contributed by atoms with E-state index in [9.17, 15) is 0 Å². The monoisotopic (exact) mass is 358 g/mol. The van der Waals surface area contributed by atoms with Gasteiger partial charge in [0.05, 0.1) is 0 Å². The zero-order valence-corrected chi connectivity index (χ0v) is 17.4. The minimum Gasteiger partial charge on any atom is -1.00 e. The molecule has 0 aromatic heterocycles. The van der Waals surface area contributed by atoms with E-state index in [1.165, 1.54) is 32.3 Å². The van der Waals surface area contributed by atoms with Gasteiger partial charge in [0.1, 0.15) is 12.4 Å². The zero-order valence-electron chi connectivity index (χ0n) is 16.4. The SMILES string of the molecule is C=Cc1ccc(COc2ccc3ccc4cccc5ccc2c3c45)cc1.[H-].[Na+]. The molecule has 0 saturated heterocycles. The quantitative estimate of drug-likeness (QED) is 0.349. The standard InChI is InChI=1S/C25H18O.Na.H/c1-2-17-6-8-18(9-7-17)16-26-23-15-13-21-11-10-19-4-3-5-20-12-14-22(23)25(21)24(19)20;;/h2-15H,1,16H2;;/q;+1;-1. The topological polar surface area (TPSA) is 9.23 Å². The molecule has 126 valence electrons. The fourth-order valence-corrected chi connectivity index (χ4v) is 3.75. The molecule has 5 aromatic carbocycles. The van der Waals surface area contributed by atoms with E-state index in [2.05, 4.69) is 85.4 Å². The molecule has 0 saturated carbocycles.